The fraction of sp³-hybridized carbons (Fsp3) is 0.231. The fourth-order valence-corrected chi connectivity index (χ4v) is 3.19. The van der Waals surface area contributed by atoms with Crippen molar-refractivity contribution >= 4 is 31.6 Å². The van der Waals surface area contributed by atoms with Gasteiger partial charge in [-0.05, 0) is 45.8 Å². The van der Waals surface area contributed by atoms with Gasteiger partial charge in [0.2, 0.25) is 10.0 Å². The second-order valence-corrected chi connectivity index (χ2v) is 7.32. The van der Waals surface area contributed by atoms with Gasteiger partial charge in [-0.1, -0.05) is 12.1 Å². The number of halogens is 1. The van der Waals surface area contributed by atoms with Crippen molar-refractivity contribution in [3.63, 3.8) is 0 Å². The van der Waals surface area contributed by atoms with Gasteiger partial charge in [0, 0.05) is 12.7 Å². The van der Waals surface area contributed by atoms with Crippen LogP contribution in [0.2, 0.25) is 0 Å². The van der Waals surface area contributed by atoms with Crippen LogP contribution in [-0.2, 0) is 22.3 Å². The van der Waals surface area contributed by atoms with Crippen molar-refractivity contribution in [2.75, 3.05) is 12.8 Å². The third-order valence-corrected chi connectivity index (χ3v) is 5.01. The van der Waals surface area contributed by atoms with Gasteiger partial charge in [-0.2, -0.15) is 4.31 Å². The summed E-state index contributed by atoms with van der Waals surface area (Å²) in [5.41, 5.74) is 6.89. The zero-order valence-corrected chi connectivity index (χ0v) is 13.3. The number of benzene rings is 1. The molecule has 20 heavy (non-hydrogen) atoms. The highest BCUT2D eigenvalue weighted by molar-refractivity contribution is 9.10. The summed E-state index contributed by atoms with van der Waals surface area (Å²) >= 11 is 3.19. The molecule has 0 unspecified atom stereocenters. The minimum absolute atomic E-state index is 0.0638. The number of nitrogens with two attached hydrogens (primary N) is 1. The Kier molecular flexibility index (Phi) is 4.52. The number of hydrogen-bond donors (Lipinski definition) is 1. The largest absolute Gasteiger partial charge is 0.453 e. The molecule has 0 atom stereocenters. The molecule has 0 bridgehead atoms. The molecular formula is C13H15BrN2O3S. The molecule has 1 heterocycles. The molecule has 0 aliphatic carbocycles. The number of anilines is 1. The van der Waals surface area contributed by atoms with Crippen LogP contribution in [-0.4, -0.2) is 19.8 Å². The van der Waals surface area contributed by atoms with E-state index >= 15 is 0 Å². The quantitative estimate of drug-likeness (QED) is 0.833. The first-order valence-corrected chi connectivity index (χ1v) is 8.30. The third-order valence-electron chi connectivity index (χ3n) is 2.81. The topological polar surface area (TPSA) is 76.5 Å². The van der Waals surface area contributed by atoms with Crippen LogP contribution in [0.5, 0.6) is 0 Å². The van der Waals surface area contributed by atoms with E-state index in [1.54, 1.807) is 36.4 Å². The van der Waals surface area contributed by atoms with Crippen LogP contribution in [0, 0.1) is 0 Å². The Balaban J connectivity index is 2.07. The first-order chi connectivity index (χ1) is 9.37. The van der Waals surface area contributed by atoms with E-state index in [0.717, 1.165) is 0 Å². The Hall–Kier alpha value is -1.31. The van der Waals surface area contributed by atoms with Gasteiger partial charge in [-0.3, -0.25) is 0 Å². The van der Waals surface area contributed by atoms with Gasteiger partial charge >= 0.3 is 0 Å². The molecule has 0 aliphatic rings. The molecule has 0 aliphatic heterocycles. The molecule has 0 amide bonds. The first kappa shape index (κ1) is 15.1. The zero-order chi connectivity index (χ0) is 14.8. The average molecular weight is 359 g/mol. The van der Waals surface area contributed by atoms with Crippen molar-refractivity contribution in [3.8, 4) is 0 Å². The summed E-state index contributed by atoms with van der Waals surface area (Å²) in [7, 11) is -1.87. The smallest absolute Gasteiger partial charge is 0.218 e. The maximum atomic E-state index is 12.2. The molecule has 5 nitrogen and oxygen atoms in total. The highest BCUT2D eigenvalue weighted by Crippen LogP contribution is 2.18. The molecule has 2 rings (SSSR count). The average Bonchev–Trinajstić information content (AvgIpc) is 2.77. The molecule has 2 aromatic rings. The van der Waals surface area contributed by atoms with E-state index in [9.17, 15) is 8.42 Å². The zero-order valence-electron chi connectivity index (χ0n) is 10.9. The van der Waals surface area contributed by atoms with Gasteiger partial charge in [0.05, 0.1) is 12.3 Å². The molecule has 1 aromatic heterocycles. The number of nitrogen functional groups attached to an aromatic ring is 1. The highest BCUT2D eigenvalue weighted by Gasteiger charge is 2.20. The normalized spacial score (nSPS) is 11.9. The molecule has 0 saturated carbocycles. The van der Waals surface area contributed by atoms with Crippen molar-refractivity contribution < 1.29 is 12.8 Å². The van der Waals surface area contributed by atoms with E-state index in [2.05, 4.69) is 15.9 Å². The molecule has 0 fully saturated rings. The second kappa shape index (κ2) is 5.99. The van der Waals surface area contributed by atoms with E-state index < -0.39 is 10.0 Å². The van der Waals surface area contributed by atoms with Crippen LogP contribution >= 0.6 is 15.9 Å². The standard InChI is InChI=1S/C13H15BrN2O3S/c1-16(8-12-6-7-13(14)19-12)20(17,18)9-10-2-4-11(15)5-3-10/h2-7H,8-9,15H2,1H3. The third kappa shape index (κ3) is 3.84. The van der Waals surface area contributed by atoms with Gasteiger partial charge in [-0.15, -0.1) is 0 Å². The first-order valence-electron chi connectivity index (χ1n) is 5.89. The lowest BCUT2D eigenvalue weighted by Gasteiger charge is -2.16. The maximum Gasteiger partial charge on any atom is 0.218 e. The predicted molar refractivity (Wildman–Crippen MR) is 81.4 cm³/mol. The van der Waals surface area contributed by atoms with E-state index in [1.807, 2.05) is 0 Å². The van der Waals surface area contributed by atoms with Gasteiger partial charge < -0.3 is 10.2 Å². The summed E-state index contributed by atoms with van der Waals surface area (Å²) in [5.74, 6) is 0.520. The van der Waals surface area contributed by atoms with Gasteiger partial charge in [0.15, 0.2) is 4.67 Å². The molecule has 1 aromatic carbocycles. The van der Waals surface area contributed by atoms with Crippen molar-refractivity contribution in [2.45, 2.75) is 12.3 Å². The van der Waals surface area contributed by atoms with Gasteiger partial charge in [0.25, 0.3) is 0 Å². The lowest BCUT2D eigenvalue weighted by Crippen LogP contribution is -2.27. The summed E-state index contributed by atoms with van der Waals surface area (Å²) in [4.78, 5) is 0. The number of furan rings is 1. The predicted octanol–water partition coefficient (Wildman–Crippen LogP) is 2.59. The molecule has 7 heteroatoms. The maximum absolute atomic E-state index is 12.2. The van der Waals surface area contributed by atoms with Crippen LogP contribution < -0.4 is 5.73 Å². The van der Waals surface area contributed by atoms with Crippen molar-refractivity contribution in [3.05, 3.63) is 52.4 Å². The molecule has 0 spiro atoms. The number of sulfonamides is 1. The summed E-state index contributed by atoms with van der Waals surface area (Å²) < 4.78 is 31.6. The molecule has 108 valence electrons. The fourth-order valence-electron chi connectivity index (χ4n) is 1.69. The minimum Gasteiger partial charge on any atom is -0.453 e. The van der Waals surface area contributed by atoms with Crippen molar-refractivity contribution in [1.29, 1.82) is 0 Å². The number of rotatable bonds is 5. The number of hydrogen-bond acceptors (Lipinski definition) is 4. The Morgan fingerprint density at radius 2 is 1.85 bits per heavy atom. The van der Waals surface area contributed by atoms with E-state index in [1.165, 1.54) is 11.4 Å². The van der Waals surface area contributed by atoms with Crippen LogP contribution in [0.1, 0.15) is 11.3 Å². The Morgan fingerprint density at radius 3 is 2.40 bits per heavy atom. The Bertz CT molecular complexity index is 680. The van der Waals surface area contributed by atoms with E-state index in [-0.39, 0.29) is 12.3 Å². The molecular weight excluding hydrogens is 344 g/mol. The summed E-state index contributed by atoms with van der Waals surface area (Å²) in [6.07, 6.45) is 0. The van der Waals surface area contributed by atoms with Crippen LogP contribution in [0.4, 0.5) is 5.69 Å². The lowest BCUT2D eigenvalue weighted by atomic mass is 10.2. The highest BCUT2D eigenvalue weighted by atomic mass is 79.9. The van der Waals surface area contributed by atoms with Gasteiger partial charge in [-0.25, -0.2) is 8.42 Å². The van der Waals surface area contributed by atoms with Crippen molar-refractivity contribution in [2.24, 2.45) is 0 Å². The SMILES string of the molecule is CN(Cc1ccc(Br)o1)S(=O)(=O)Cc1ccc(N)cc1. The Labute approximate surface area is 126 Å². The molecule has 2 N–H and O–H groups in total. The summed E-state index contributed by atoms with van der Waals surface area (Å²) in [5, 5.41) is 0. The van der Waals surface area contributed by atoms with Crippen LogP contribution in [0.3, 0.4) is 0 Å². The van der Waals surface area contributed by atoms with Gasteiger partial charge in [0.1, 0.15) is 5.76 Å². The van der Waals surface area contributed by atoms with Crippen LogP contribution in [0.15, 0.2) is 45.5 Å². The minimum atomic E-state index is -3.40. The molecule has 0 radical (unpaired) electrons. The number of nitrogens with zero attached hydrogens (tertiary/aromatic N) is 1. The van der Waals surface area contributed by atoms with E-state index in [4.69, 9.17) is 10.2 Å². The second-order valence-electron chi connectivity index (χ2n) is 4.46. The van der Waals surface area contributed by atoms with E-state index in [0.29, 0.717) is 21.7 Å². The van der Waals surface area contributed by atoms with Crippen molar-refractivity contribution in [1.82, 2.24) is 4.31 Å². The molecule has 0 saturated heterocycles. The summed E-state index contributed by atoms with van der Waals surface area (Å²) in [6.45, 7) is 0.197. The Morgan fingerprint density at radius 1 is 1.20 bits per heavy atom. The summed E-state index contributed by atoms with van der Waals surface area (Å²) in [6, 6.07) is 10.3. The monoisotopic (exact) mass is 358 g/mol. The van der Waals surface area contributed by atoms with Crippen LogP contribution in [0.25, 0.3) is 0 Å². The lowest BCUT2D eigenvalue weighted by molar-refractivity contribution is 0.398.